The van der Waals surface area contributed by atoms with Gasteiger partial charge >= 0.3 is 0 Å². The molecule has 2 aromatic rings. The van der Waals surface area contributed by atoms with Crippen LogP contribution >= 0.6 is 0 Å². The summed E-state index contributed by atoms with van der Waals surface area (Å²) in [4.78, 5) is 22.0. The van der Waals surface area contributed by atoms with Crippen molar-refractivity contribution in [1.82, 2.24) is 5.32 Å². The highest BCUT2D eigenvalue weighted by Gasteiger charge is 2.13. The van der Waals surface area contributed by atoms with Crippen molar-refractivity contribution in [2.45, 2.75) is 12.8 Å². The van der Waals surface area contributed by atoms with Crippen molar-refractivity contribution in [3.8, 4) is 0 Å². The highest BCUT2D eigenvalue weighted by molar-refractivity contribution is 5.94. The van der Waals surface area contributed by atoms with Crippen LogP contribution in [0.15, 0.2) is 48.5 Å². The number of carbonyl (C=O) groups excluding carboxylic acids is 1. The Hall–Kier alpha value is -2.76. The van der Waals surface area contributed by atoms with E-state index >= 15 is 0 Å². The van der Waals surface area contributed by atoms with Gasteiger partial charge in [0.1, 0.15) is 5.82 Å². The summed E-state index contributed by atoms with van der Waals surface area (Å²) in [5, 5.41) is 13.3. The number of hydrogen-bond donors (Lipinski definition) is 1. The monoisotopic (exact) mass is 302 g/mol. The molecule has 2 aromatic carbocycles. The number of hydrogen-bond acceptors (Lipinski definition) is 3. The van der Waals surface area contributed by atoms with Crippen LogP contribution in [0.1, 0.15) is 28.8 Å². The molecular weight excluding hydrogens is 287 g/mol. The van der Waals surface area contributed by atoms with Crippen molar-refractivity contribution >= 4 is 11.6 Å². The first-order valence-corrected chi connectivity index (χ1v) is 6.76. The summed E-state index contributed by atoms with van der Waals surface area (Å²) in [6, 6.07) is 11.9. The molecule has 1 N–H and O–H groups in total. The van der Waals surface area contributed by atoms with Crippen molar-refractivity contribution in [2.24, 2.45) is 0 Å². The Bertz CT molecular complexity index is 686. The fourth-order valence-electron chi connectivity index (χ4n) is 2.03. The summed E-state index contributed by atoms with van der Waals surface area (Å²) in [5.41, 5.74) is 0.879. The van der Waals surface area contributed by atoms with Crippen LogP contribution in [0.4, 0.5) is 10.1 Å². The molecule has 0 bridgehead atoms. The zero-order valence-electron chi connectivity index (χ0n) is 12.0. The SMILES string of the molecule is CC(CNC(=O)c1ccccc1F)c1ccc([N+](=O)[O-])cc1. The Kier molecular flexibility index (Phi) is 4.83. The Morgan fingerprint density at radius 3 is 2.45 bits per heavy atom. The molecule has 22 heavy (non-hydrogen) atoms. The summed E-state index contributed by atoms with van der Waals surface area (Å²) in [6.07, 6.45) is 0. The number of benzene rings is 2. The third-order valence-electron chi connectivity index (χ3n) is 3.36. The van der Waals surface area contributed by atoms with Gasteiger partial charge in [0.05, 0.1) is 10.5 Å². The Morgan fingerprint density at radius 2 is 1.86 bits per heavy atom. The molecule has 1 amide bonds. The first-order chi connectivity index (χ1) is 10.5. The molecule has 0 saturated heterocycles. The van der Waals surface area contributed by atoms with Crippen molar-refractivity contribution in [2.75, 3.05) is 6.54 Å². The van der Waals surface area contributed by atoms with Gasteiger partial charge in [-0.3, -0.25) is 14.9 Å². The van der Waals surface area contributed by atoms with Crippen LogP contribution < -0.4 is 5.32 Å². The van der Waals surface area contributed by atoms with Crippen LogP contribution in [0.5, 0.6) is 0 Å². The average molecular weight is 302 g/mol. The molecule has 0 aliphatic carbocycles. The molecule has 0 aliphatic heterocycles. The van der Waals surface area contributed by atoms with E-state index in [1.165, 1.54) is 30.3 Å². The molecule has 0 aromatic heterocycles. The van der Waals surface area contributed by atoms with Crippen molar-refractivity contribution in [3.63, 3.8) is 0 Å². The van der Waals surface area contributed by atoms with Gasteiger partial charge in [0.15, 0.2) is 0 Å². The average Bonchev–Trinajstić information content (AvgIpc) is 2.52. The molecule has 5 nitrogen and oxygen atoms in total. The van der Waals surface area contributed by atoms with E-state index in [0.717, 1.165) is 5.56 Å². The van der Waals surface area contributed by atoms with Gasteiger partial charge < -0.3 is 5.32 Å². The molecule has 114 valence electrons. The molecule has 0 aliphatic rings. The highest BCUT2D eigenvalue weighted by Crippen LogP contribution is 2.18. The van der Waals surface area contributed by atoms with Gasteiger partial charge in [-0.1, -0.05) is 31.2 Å². The van der Waals surface area contributed by atoms with Gasteiger partial charge in [0.25, 0.3) is 11.6 Å². The van der Waals surface area contributed by atoms with Crippen LogP contribution in [-0.2, 0) is 0 Å². The quantitative estimate of drug-likeness (QED) is 0.680. The van der Waals surface area contributed by atoms with E-state index in [4.69, 9.17) is 0 Å². The van der Waals surface area contributed by atoms with Gasteiger partial charge in [-0.05, 0) is 23.6 Å². The Labute approximate surface area is 126 Å². The molecule has 0 fully saturated rings. The zero-order chi connectivity index (χ0) is 16.1. The number of non-ortho nitro benzene ring substituents is 1. The summed E-state index contributed by atoms with van der Waals surface area (Å²) in [6.45, 7) is 2.19. The summed E-state index contributed by atoms with van der Waals surface area (Å²) >= 11 is 0. The summed E-state index contributed by atoms with van der Waals surface area (Å²) in [5.74, 6) is -1.09. The number of amides is 1. The number of nitro groups is 1. The van der Waals surface area contributed by atoms with Crippen LogP contribution in [0.3, 0.4) is 0 Å². The Balaban J connectivity index is 1.97. The van der Waals surface area contributed by atoms with Crippen molar-refractivity contribution in [3.05, 3.63) is 75.6 Å². The maximum absolute atomic E-state index is 13.5. The van der Waals surface area contributed by atoms with Gasteiger partial charge in [0, 0.05) is 18.7 Å². The fourth-order valence-corrected chi connectivity index (χ4v) is 2.03. The van der Waals surface area contributed by atoms with E-state index in [1.54, 1.807) is 18.2 Å². The van der Waals surface area contributed by atoms with Crippen LogP contribution in [0.2, 0.25) is 0 Å². The third-order valence-corrected chi connectivity index (χ3v) is 3.36. The minimum absolute atomic E-state index is 0.00148. The minimum atomic E-state index is -0.567. The number of rotatable bonds is 5. The van der Waals surface area contributed by atoms with E-state index in [1.807, 2.05) is 6.92 Å². The van der Waals surface area contributed by atoms with E-state index < -0.39 is 16.6 Å². The number of halogens is 1. The third kappa shape index (κ3) is 3.66. The smallest absolute Gasteiger partial charge is 0.269 e. The molecule has 2 rings (SSSR count). The molecule has 1 unspecified atom stereocenters. The first-order valence-electron chi connectivity index (χ1n) is 6.76. The minimum Gasteiger partial charge on any atom is -0.351 e. The van der Waals surface area contributed by atoms with Gasteiger partial charge in [-0.2, -0.15) is 0 Å². The standard InChI is InChI=1S/C16H15FN2O3/c1-11(12-6-8-13(9-7-12)19(21)22)10-18-16(20)14-4-2-3-5-15(14)17/h2-9,11H,10H2,1H3,(H,18,20). The maximum atomic E-state index is 13.5. The Morgan fingerprint density at radius 1 is 1.23 bits per heavy atom. The number of nitro benzene ring substituents is 1. The summed E-state index contributed by atoms with van der Waals surface area (Å²) < 4.78 is 13.5. The van der Waals surface area contributed by atoms with Crippen molar-refractivity contribution in [1.29, 1.82) is 0 Å². The highest BCUT2D eigenvalue weighted by atomic mass is 19.1. The van der Waals surface area contributed by atoms with Crippen LogP contribution in [-0.4, -0.2) is 17.4 Å². The molecule has 6 heteroatoms. The lowest BCUT2D eigenvalue weighted by atomic mass is 10.0. The molecule has 1 atom stereocenters. The molecule has 0 saturated carbocycles. The van der Waals surface area contributed by atoms with Crippen molar-refractivity contribution < 1.29 is 14.1 Å². The van der Waals surface area contributed by atoms with Crippen LogP contribution in [0.25, 0.3) is 0 Å². The lowest BCUT2D eigenvalue weighted by molar-refractivity contribution is -0.384. The predicted molar refractivity (Wildman–Crippen MR) is 80.2 cm³/mol. The number of nitrogens with one attached hydrogen (secondary N) is 1. The molecule has 0 heterocycles. The van der Waals surface area contributed by atoms with E-state index in [2.05, 4.69) is 5.32 Å². The lowest BCUT2D eigenvalue weighted by Crippen LogP contribution is -2.28. The topological polar surface area (TPSA) is 72.2 Å². The van der Waals surface area contributed by atoms with Crippen LogP contribution in [0, 0.1) is 15.9 Å². The second kappa shape index (κ2) is 6.80. The zero-order valence-corrected chi connectivity index (χ0v) is 12.0. The number of nitrogens with zero attached hydrogens (tertiary/aromatic N) is 1. The number of carbonyl (C=O) groups is 1. The second-order valence-electron chi connectivity index (χ2n) is 4.94. The summed E-state index contributed by atoms with van der Waals surface area (Å²) in [7, 11) is 0. The normalized spacial score (nSPS) is 11.7. The predicted octanol–water partition coefficient (Wildman–Crippen LogP) is 3.27. The van der Waals surface area contributed by atoms with Gasteiger partial charge in [0.2, 0.25) is 0 Å². The second-order valence-corrected chi connectivity index (χ2v) is 4.94. The molecule has 0 radical (unpaired) electrons. The first kappa shape index (κ1) is 15.6. The van der Waals surface area contributed by atoms with Gasteiger partial charge in [-0.25, -0.2) is 4.39 Å². The largest absolute Gasteiger partial charge is 0.351 e. The fraction of sp³-hybridized carbons (Fsp3) is 0.188. The molecule has 0 spiro atoms. The van der Waals surface area contributed by atoms with E-state index in [0.29, 0.717) is 6.54 Å². The van der Waals surface area contributed by atoms with E-state index in [9.17, 15) is 19.3 Å². The molecular formula is C16H15FN2O3. The van der Waals surface area contributed by atoms with E-state index in [-0.39, 0.29) is 17.2 Å². The maximum Gasteiger partial charge on any atom is 0.269 e. The van der Waals surface area contributed by atoms with Gasteiger partial charge in [-0.15, -0.1) is 0 Å². The lowest BCUT2D eigenvalue weighted by Gasteiger charge is -2.13.